The third kappa shape index (κ3) is 3.27. The van der Waals surface area contributed by atoms with Crippen molar-refractivity contribution in [1.29, 1.82) is 0 Å². The monoisotopic (exact) mass is 242 g/mol. The molecule has 0 saturated heterocycles. The van der Waals surface area contributed by atoms with Crippen molar-refractivity contribution in [2.24, 2.45) is 7.05 Å². The first-order chi connectivity index (χ1) is 7.70. The molecule has 4 nitrogen and oxygen atoms in total. The quantitative estimate of drug-likeness (QED) is 0.567. The summed E-state index contributed by atoms with van der Waals surface area (Å²) in [6, 6.07) is 0. The first-order valence-corrected chi connectivity index (χ1v) is 6.61. The van der Waals surface area contributed by atoms with E-state index in [0.717, 1.165) is 23.6 Å². The minimum Gasteiger partial charge on any atom is -0.462 e. The molecule has 0 unspecified atom stereocenters. The summed E-state index contributed by atoms with van der Waals surface area (Å²) in [6.45, 7) is 4.34. The summed E-state index contributed by atoms with van der Waals surface area (Å²) in [5, 5.41) is 4.10. The summed E-state index contributed by atoms with van der Waals surface area (Å²) in [5.41, 5.74) is 1.53. The second-order valence-corrected chi connectivity index (χ2v) is 4.51. The topological polar surface area (TPSA) is 44.1 Å². The zero-order valence-electron chi connectivity index (χ0n) is 10.0. The van der Waals surface area contributed by atoms with Crippen molar-refractivity contribution < 1.29 is 9.53 Å². The molecule has 0 spiro atoms. The Kier molecular flexibility index (Phi) is 5.38. The van der Waals surface area contributed by atoms with E-state index in [-0.39, 0.29) is 5.97 Å². The number of aromatic nitrogens is 2. The molecule has 0 aromatic carbocycles. The Bertz CT molecular complexity index is 350. The molecule has 16 heavy (non-hydrogen) atoms. The lowest BCUT2D eigenvalue weighted by Crippen LogP contribution is -2.08. The van der Waals surface area contributed by atoms with Crippen LogP contribution < -0.4 is 0 Å². The van der Waals surface area contributed by atoms with Crippen LogP contribution in [0.15, 0.2) is 6.20 Å². The average molecular weight is 242 g/mol. The first kappa shape index (κ1) is 13.1. The molecule has 1 aromatic heterocycles. The molecule has 0 aliphatic carbocycles. The number of hydrogen-bond donors (Lipinski definition) is 0. The standard InChI is InChI=1S/C11H18N2O2S/c1-4-6-16-8-10-9(7-12-13(10)3)11(14)15-5-2/h7H,4-6,8H2,1-3H3. The van der Waals surface area contributed by atoms with Gasteiger partial charge in [0.15, 0.2) is 0 Å². The SMILES string of the molecule is CCCSCc1c(C(=O)OCC)cnn1C. The van der Waals surface area contributed by atoms with Gasteiger partial charge in [-0.2, -0.15) is 16.9 Å². The molecule has 0 amide bonds. The summed E-state index contributed by atoms with van der Waals surface area (Å²) in [4.78, 5) is 11.6. The van der Waals surface area contributed by atoms with E-state index in [1.54, 1.807) is 29.6 Å². The number of ether oxygens (including phenoxy) is 1. The van der Waals surface area contributed by atoms with Crippen LogP contribution >= 0.6 is 11.8 Å². The molecule has 0 bridgehead atoms. The Morgan fingerprint density at radius 3 is 2.94 bits per heavy atom. The van der Waals surface area contributed by atoms with Crippen LogP contribution in [0.1, 0.15) is 36.3 Å². The van der Waals surface area contributed by atoms with Crippen LogP contribution in [0.3, 0.4) is 0 Å². The molecular formula is C11H18N2O2S. The highest BCUT2D eigenvalue weighted by Crippen LogP contribution is 2.17. The smallest absolute Gasteiger partial charge is 0.341 e. The van der Waals surface area contributed by atoms with Gasteiger partial charge in [-0.3, -0.25) is 4.68 Å². The molecule has 0 fully saturated rings. The molecular weight excluding hydrogens is 224 g/mol. The van der Waals surface area contributed by atoms with E-state index in [0.29, 0.717) is 12.2 Å². The number of esters is 1. The van der Waals surface area contributed by atoms with E-state index >= 15 is 0 Å². The minimum absolute atomic E-state index is 0.275. The number of aryl methyl sites for hydroxylation is 1. The van der Waals surface area contributed by atoms with Gasteiger partial charge in [-0.05, 0) is 19.1 Å². The lowest BCUT2D eigenvalue weighted by Gasteiger charge is -2.05. The number of carbonyl (C=O) groups excluding carboxylic acids is 1. The maximum Gasteiger partial charge on any atom is 0.341 e. The molecule has 0 radical (unpaired) electrons. The number of hydrogen-bond acceptors (Lipinski definition) is 4. The number of nitrogens with zero attached hydrogens (tertiary/aromatic N) is 2. The fraction of sp³-hybridized carbons (Fsp3) is 0.636. The molecule has 1 heterocycles. The lowest BCUT2D eigenvalue weighted by molar-refractivity contribution is 0.0525. The second-order valence-electron chi connectivity index (χ2n) is 3.40. The normalized spacial score (nSPS) is 10.4. The number of carbonyl (C=O) groups is 1. The third-order valence-electron chi connectivity index (χ3n) is 2.14. The summed E-state index contributed by atoms with van der Waals surface area (Å²) in [7, 11) is 1.85. The third-order valence-corrected chi connectivity index (χ3v) is 3.32. The van der Waals surface area contributed by atoms with Crippen molar-refractivity contribution in [1.82, 2.24) is 9.78 Å². The van der Waals surface area contributed by atoms with Gasteiger partial charge < -0.3 is 4.74 Å². The molecule has 0 aliphatic rings. The van der Waals surface area contributed by atoms with Crippen molar-refractivity contribution in [3.05, 3.63) is 17.5 Å². The second kappa shape index (κ2) is 6.58. The van der Waals surface area contributed by atoms with E-state index in [4.69, 9.17) is 4.74 Å². The van der Waals surface area contributed by atoms with Crippen molar-refractivity contribution in [2.45, 2.75) is 26.0 Å². The van der Waals surface area contributed by atoms with Gasteiger partial charge in [-0.15, -0.1) is 0 Å². The Morgan fingerprint density at radius 1 is 1.56 bits per heavy atom. The Hall–Kier alpha value is -0.970. The Labute approximate surface area is 100 Å². The van der Waals surface area contributed by atoms with Crippen LogP contribution in [-0.4, -0.2) is 28.1 Å². The zero-order chi connectivity index (χ0) is 12.0. The predicted molar refractivity (Wildman–Crippen MR) is 65.6 cm³/mol. The van der Waals surface area contributed by atoms with E-state index in [1.165, 1.54) is 0 Å². The highest BCUT2D eigenvalue weighted by molar-refractivity contribution is 7.98. The zero-order valence-corrected chi connectivity index (χ0v) is 10.8. The largest absolute Gasteiger partial charge is 0.462 e. The maximum absolute atomic E-state index is 11.6. The molecule has 0 N–H and O–H groups in total. The van der Waals surface area contributed by atoms with Gasteiger partial charge in [0.25, 0.3) is 0 Å². The van der Waals surface area contributed by atoms with Gasteiger partial charge in [0.2, 0.25) is 0 Å². The summed E-state index contributed by atoms with van der Waals surface area (Å²) in [6.07, 6.45) is 2.72. The molecule has 0 atom stereocenters. The number of rotatable bonds is 6. The van der Waals surface area contributed by atoms with Crippen molar-refractivity contribution in [3.8, 4) is 0 Å². The van der Waals surface area contributed by atoms with Crippen LogP contribution in [0.4, 0.5) is 0 Å². The first-order valence-electron chi connectivity index (χ1n) is 5.46. The summed E-state index contributed by atoms with van der Waals surface area (Å²) < 4.78 is 6.73. The molecule has 5 heteroatoms. The average Bonchev–Trinajstić information content (AvgIpc) is 2.61. The highest BCUT2D eigenvalue weighted by atomic mass is 32.2. The van der Waals surface area contributed by atoms with Crippen LogP contribution in [-0.2, 0) is 17.5 Å². The van der Waals surface area contributed by atoms with Gasteiger partial charge >= 0.3 is 5.97 Å². The molecule has 90 valence electrons. The van der Waals surface area contributed by atoms with Crippen molar-refractivity contribution in [3.63, 3.8) is 0 Å². The van der Waals surface area contributed by atoms with E-state index in [2.05, 4.69) is 12.0 Å². The lowest BCUT2D eigenvalue weighted by atomic mass is 10.3. The van der Waals surface area contributed by atoms with Crippen LogP contribution in [0.25, 0.3) is 0 Å². The molecule has 1 rings (SSSR count). The van der Waals surface area contributed by atoms with Gasteiger partial charge in [-0.25, -0.2) is 4.79 Å². The summed E-state index contributed by atoms with van der Waals surface area (Å²) >= 11 is 1.81. The van der Waals surface area contributed by atoms with Gasteiger partial charge in [0.05, 0.1) is 18.5 Å². The van der Waals surface area contributed by atoms with Crippen molar-refractivity contribution >= 4 is 17.7 Å². The van der Waals surface area contributed by atoms with E-state index in [1.807, 2.05) is 7.05 Å². The highest BCUT2D eigenvalue weighted by Gasteiger charge is 2.16. The van der Waals surface area contributed by atoms with E-state index in [9.17, 15) is 4.79 Å². The van der Waals surface area contributed by atoms with Crippen LogP contribution in [0, 0.1) is 0 Å². The van der Waals surface area contributed by atoms with Gasteiger partial charge in [0, 0.05) is 12.8 Å². The van der Waals surface area contributed by atoms with Gasteiger partial charge in [0.1, 0.15) is 5.56 Å². The van der Waals surface area contributed by atoms with Gasteiger partial charge in [-0.1, -0.05) is 6.92 Å². The van der Waals surface area contributed by atoms with E-state index < -0.39 is 0 Å². The molecule has 0 saturated carbocycles. The fourth-order valence-corrected chi connectivity index (χ4v) is 2.30. The van der Waals surface area contributed by atoms with Crippen LogP contribution in [0.5, 0.6) is 0 Å². The minimum atomic E-state index is -0.275. The Morgan fingerprint density at radius 2 is 2.31 bits per heavy atom. The fourth-order valence-electron chi connectivity index (χ4n) is 1.33. The predicted octanol–water partition coefficient (Wildman–Crippen LogP) is 2.24. The maximum atomic E-state index is 11.6. The number of thioether (sulfide) groups is 1. The van der Waals surface area contributed by atoms with Crippen LogP contribution in [0.2, 0.25) is 0 Å². The molecule has 0 aliphatic heterocycles. The Balaban J connectivity index is 2.73. The molecule has 1 aromatic rings. The van der Waals surface area contributed by atoms with Crippen molar-refractivity contribution in [2.75, 3.05) is 12.4 Å². The summed E-state index contributed by atoms with van der Waals surface area (Å²) in [5.74, 6) is 1.62.